The molecular weight excluding hydrogens is 434 g/mol. The average molecular weight is 464 g/mol. The molecule has 0 aliphatic carbocycles. The molecule has 1 saturated heterocycles. The van der Waals surface area contributed by atoms with E-state index in [-0.39, 0.29) is 24.4 Å². The third-order valence-electron chi connectivity index (χ3n) is 7.50. The number of nitrogens with one attached hydrogen (secondary N) is 1. The van der Waals surface area contributed by atoms with Gasteiger partial charge in [0.05, 0.1) is 6.04 Å². The molecule has 0 saturated carbocycles. The van der Waals surface area contributed by atoms with Gasteiger partial charge < -0.3 is 14.8 Å². The van der Waals surface area contributed by atoms with Crippen LogP contribution in [-0.2, 0) is 29.0 Å². The molecule has 0 radical (unpaired) electrons. The van der Waals surface area contributed by atoms with E-state index in [1.165, 1.54) is 16.7 Å². The number of nitrogens with zero attached hydrogens (tertiary/aromatic N) is 2. The van der Waals surface area contributed by atoms with Crippen molar-refractivity contribution in [2.45, 2.75) is 44.8 Å². The summed E-state index contributed by atoms with van der Waals surface area (Å²) < 4.78 is 0. The van der Waals surface area contributed by atoms with Gasteiger partial charge >= 0.3 is 0 Å². The highest BCUT2D eigenvalue weighted by Crippen LogP contribution is 2.41. The van der Waals surface area contributed by atoms with Crippen LogP contribution in [0.5, 0.6) is 0 Å². The number of rotatable bonds is 5. The number of benzene rings is 3. The number of para-hydroxylation sites is 1. The molecule has 35 heavy (non-hydrogen) atoms. The normalized spacial score (nSPS) is 19.7. The fraction of sp³-hybridized carbons (Fsp3) is 0.267. The monoisotopic (exact) mass is 463 g/mol. The van der Waals surface area contributed by atoms with Crippen molar-refractivity contribution >= 4 is 22.7 Å². The molecule has 2 atom stereocenters. The predicted molar refractivity (Wildman–Crippen MR) is 137 cm³/mol. The minimum Gasteiger partial charge on any atom is -0.356 e. The molecule has 3 heterocycles. The number of hydrogen-bond acceptors (Lipinski definition) is 2. The van der Waals surface area contributed by atoms with E-state index in [2.05, 4.69) is 41.4 Å². The van der Waals surface area contributed by atoms with Crippen molar-refractivity contribution in [1.82, 2.24) is 14.8 Å². The molecule has 176 valence electrons. The van der Waals surface area contributed by atoms with Crippen LogP contribution in [0.25, 0.3) is 10.9 Å². The number of amides is 2. The second-order valence-electron chi connectivity index (χ2n) is 9.80. The van der Waals surface area contributed by atoms with Gasteiger partial charge in [0.15, 0.2) is 0 Å². The highest BCUT2D eigenvalue weighted by molar-refractivity contribution is 5.97. The van der Waals surface area contributed by atoms with Crippen LogP contribution in [0.3, 0.4) is 0 Å². The molecular formula is C30H29N3O2. The maximum Gasteiger partial charge on any atom is 0.246 e. The second kappa shape index (κ2) is 8.73. The number of hydrogen-bond donors (Lipinski definition) is 1. The molecule has 3 aromatic carbocycles. The Morgan fingerprint density at radius 1 is 0.886 bits per heavy atom. The van der Waals surface area contributed by atoms with Gasteiger partial charge in [0, 0.05) is 29.6 Å². The lowest BCUT2D eigenvalue weighted by Crippen LogP contribution is -2.62. The Labute approximate surface area is 205 Å². The van der Waals surface area contributed by atoms with Gasteiger partial charge in [-0.15, -0.1) is 0 Å². The van der Waals surface area contributed by atoms with Gasteiger partial charge in [0.25, 0.3) is 0 Å². The molecule has 2 aliphatic heterocycles. The third kappa shape index (κ3) is 3.91. The zero-order valence-corrected chi connectivity index (χ0v) is 19.9. The Bertz CT molecular complexity index is 1390. The van der Waals surface area contributed by atoms with Crippen molar-refractivity contribution < 1.29 is 9.59 Å². The van der Waals surface area contributed by atoms with E-state index in [0.717, 1.165) is 35.0 Å². The first-order chi connectivity index (χ1) is 17.1. The number of carbonyl (C=O) groups is 2. The minimum atomic E-state index is -0.464. The van der Waals surface area contributed by atoms with Gasteiger partial charge in [0.2, 0.25) is 11.8 Å². The van der Waals surface area contributed by atoms with E-state index in [1.54, 1.807) is 4.90 Å². The molecule has 2 amide bonds. The summed E-state index contributed by atoms with van der Waals surface area (Å²) in [5.74, 6) is 0.0786. The first-order valence-corrected chi connectivity index (χ1v) is 12.4. The summed E-state index contributed by atoms with van der Waals surface area (Å²) in [6.07, 6.45) is 2.17. The van der Waals surface area contributed by atoms with Gasteiger partial charge in [-0.25, -0.2) is 0 Å². The van der Waals surface area contributed by atoms with Gasteiger partial charge in [-0.3, -0.25) is 9.59 Å². The maximum absolute atomic E-state index is 13.8. The van der Waals surface area contributed by atoms with E-state index in [9.17, 15) is 9.59 Å². The molecule has 1 aromatic heterocycles. The maximum atomic E-state index is 13.8. The van der Waals surface area contributed by atoms with Crippen LogP contribution in [0.15, 0.2) is 78.9 Å². The fourth-order valence-electron chi connectivity index (χ4n) is 5.74. The van der Waals surface area contributed by atoms with Crippen LogP contribution in [0.1, 0.15) is 40.4 Å². The smallest absolute Gasteiger partial charge is 0.246 e. The van der Waals surface area contributed by atoms with E-state index in [1.807, 2.05) is 54.3 Å². The topological polar surface area (TPSA) is 56.4 Å². The molecule has 5 nitrogen and oxygen atoms in total. The second-order valence-corrected chi connectivity index (χ2v) is 9.80. The van der Waals surface area contributed by atoms with Crippen LogP contribution in [-0.4, -0.2) is 39.2 Å². The molecule has 6 rings (SSSR count). The summed E-state index contributed by atoms with van der Waals surface area (Å²) in [7, 11) is 0. The number of fused-ring (bicyclic) bond motifs is 4. The van der Waals surface area contributed by atoms with Crippen molar-refractivity contribution in [2.24, 2.45) is 0 Å². The molecule has 1 fully saturated rings. The molecule has 1 N–H and O–H groups in total. The number of aromatic amines is 1. The first kappa shape index (κ1) is 21.7. The molecule has 0 bridgehead atoms. The van der Waals surface area contributed by atoms with E-state index in [0.29, 0.717) is 13.0 Å². The van der Waals surface area contributed by atoms with E-state index >= 15 is 0 Å². The Hall–Kier alpha value is -3.86. The number of piperazine rings is 1. The Morgan fingerprint density at radius 3 is 2.43 bits per heavy atom. The Balaban J connectivity index is 1.35. The minimum absolute atomic E-state index is 0.0316. The van der Waals surface area contributed by atoms with Crippen molar-refractivity contribution in [1.29, 1.82) is 0 Å². The third-order valence-corrected chi connectivity index (χ3v) is 7.50. The summed E-state index contributed by atoms with van der Waals surface area (Å²) in [5, 5.41) is 1.16. The summed E-state index contributed by atoms with van der Waals surface area (Å²) in [6.45, 7) is 2.64. The molecule has 5 heteroatoms. The van der Waals surface area contributed by atoms with Crippen molar-refractivity contribution in [2.75, 3.05) is 6.54 Å². The number of H-pyrrole nitrogens is 1. The standard InChI is InChI=1S/C30H29N3O2/c1-20-11-13-22(14-12-20)18-32-19-28(34)33-26(16-15-21-7-3-2-4-8-21)29-24(17-27(33)30(32)35)23-9-5-6-10-25(23)31-29/h2-14,26-27,31H,15-19H2,1H3/t26-,27-/m1/s1. The average Bonchev–Trinajstić information content (AvgIpc) is 3.25. The fourth-order valence-corrected chi connectivity index (χ4v) is 5.74. The first-order valence-electron chi connectivity index (χ1n) is 12.4. The number of aryl methyl sites for hydroxylation is 2. The van der Waals surface area contributed by atoms with Crippen LogP contribution in [0, 0.1) is 6.92 Å². The quantitative estimate of drug-likeness (QED) is 0.456. The van der Waals surface area contributed by atoms with Crippen LogP contribution >= 0.6 is 0 Å². The zero-order valence-electron chi connectivity index (χ0n) is 19.9. The van der Waals surface area contributed by atoms with Crippen LogP contribution in [0.2, 0.25) is 0 Å². The lowest BCUT2D eigenvalue weighted by Gasteiger charge is -2.47. The van der Waals surface area contributed by atoms with Crippen molar-refractivity contribution in [3.8, 4) is 0 Å². The summed E-state index contributed by atoms with van der Waals surface area (Å²) >= 11 is 0. The highest BCUT2D eigenvalue weighted by Gasteiger charge is 2.47. The summed E-state index contributed by atoms with van der Waals surface area (Å²) in [4.78, 5) is 34.6. The van der Waals surface area contributed by atoms with Gasteiger partial charge in [0.1, 0.15) is 12.6 Å². The predicted octanol–water partition coefficient (Wildman–Crippen LogP) is 4.95. The van der Waals surface area contributed by atoms with Crippen molar-refractivity contribution in [3.05, 3.63) is 107 Å². The van der Waals surface area contributed by atoms with E-state index in [4.69, 9.17) is 0 Å². The largest absolute Gasteiger partial charge is 0.356 e. The number of aromatic nitrogens is 1. The SMILES string of the molecule is Cc1ccc(CN2CC(=O)N3[C@H](Cc4c([nH]c5ccccc45)[C@H]3CCc3ccccc3)C2=O)cc1. The summed E-state index contributed by atoms with van der Waals surface area (Å²) in [5.41, 5.74) is 6.81. The summed E-state index contributed by atoms with van der Waals surface area (Å²) in [6, 6.07) is 26.2. The molecule has 0 unspecified atom stereocenters. The Kier molecular flexibility index (Phi) is 5.40. The molecule has 4 aromatic rings. The van der Waals surface area contributed by atoms with Gasteiger partial charge in [-0.2, -0.15) is 0 Å². The lowest BCUT2D eigenvalue weighted by molar-refractivity contribution is -0.160. The van der Waals surface area contributed by atoms with Crippen LogP contribution in [0.4, 0.5) is 0 Å². The van der Waals surface area contributed by atoms with Gasteiger partial charge in [-0.1, -0.05) is 78.4 Å². The number of carbonyl (C=O) groups excluding carboxylic acids is 2. The van der Waals surface area contributed by atoms with Gasteiger partial charge in [-0.05, 0) is 42.5 Å². The van der Waals surface area contributed by atoms with Crippen molar-refractivity contribution in [3.63, 3.8) is 0 Å². The lowest BCUT2D eigenvalue weighted by atomic mass is 9.86. The van der Waals surface area contributed by atoms with Crippen LogP contribution < -0.4 is 0 Å². The molecule has 2 aliphatic rings. The highest BCUT2D eigenvalue weighted by atomic mass is 16.2. The van der Waals surface area contributed by atoms with E-state index < -0.39 is 6.04 Å². The zero-order chi connectivity index (χ0) is 23.9. The Morgan fingerprint density at radius 2 is 1.63 bits per heavy atom. The molecule has 0 spiro atoms.